The standard InChI is InChI=1S/C5H11N3/c1-3-4-5-7-8(2)6/h3,5H,1,4,6H2,2H3/b7-5+. The first-order chi connectivity index (χ1) is 3.77. The highest BCUT2D eigenvalue weighted by Gasteiger charge is 1.71. The molecular formula is C5H11N3. The van der Waals surface area contributed by atoms with Gasteiger partial charge in [0.15, 0.2) is 0 Å². The summed E-state index contributed by atoms with van der Waals surface area (Å²) >= 11 is 0. The maximum Gasteiger partial charge on any atom is 0.0419 e. The van der Waals surface area contributed by atoms with Gasteiger partial charge in [-0.1, -0.05) is 6.08 Å². The molecule has 0 bridgehead atoms. The topological polar surface area (TPSA) is 41.6 Å². The molecule has 0 aliphatic heterocycles. The molecule has 3 nitrogen and oxygen atoms in total. The van der Waals surface area contributed by atoms with Gasteiger partial charge in [-0.25, -0.2) is 11.0 Å². The second-order valence-corrected chi connectivity index (χ2v) is 1.40. The maximum absolute atomic E-state index is 5.13. The lowest BCUT2D eigenvalue weighted by Gasteiger charge is -1.99. The highest BCUT2D eigenvalue weighted by Crippen LogP contribution is 1.73. The number of nitrogens with zero attached hydrogens (tertiary/aromatic N) is 2. The van der Waals surface area contributed by atoms with Gasteiger partial charge in [-0.2, -0.15) is 5.10 Å². The summed E-state index contributed by atoms with van der Waals surface area (Å²) in [6.07, 6.45) is 4.21. The molecule has 46 valence electrons. The highest BCUT2D eigenvalue weighted by atomic mass is 15.6. The summed E-state index contributed by atoms with van der Waals surface area (Å²) in [5.74, 6) is 5.13. The van der Waals surface area contributed by atoms with E-state index in [0.717, 1.165) is 6.42 Å². The van der Waals surface area contributed by atoms with Gasteiger partial charge in [0.25, 0.3) is 0 Å². The van der Waals surface area contributed by atoms with Gasteiger partial charge in [-0.3, -0.25) is 0 Å². The average Bonchev–Trinajstić information content (AvgIpc) is 1.66. The summed E-state index contributed by atoms with van der Waals surface area (Å²) < 4.78 is 0. The van der Waals surface area contributed by atoms with Crippen molar-refractivity contribution in [1.82, 2.24) is 5.12 Å². The molecule has 0 unspecified atom stereocenters. The minimum absolute atomic E-state index is 0.765. The number of hydrazone groups is 1. The number of hydrogen-bond acceptors (Lipinski definition) is 3. The van der Waals surface area contributed by atoms with Gasteiger partial charge in [0.2, 0.25) is 0 Å². The lowest BCUT2D eigenvalue weighted by molar-refractivity contribution is 0.373. The summed E-state index contributed by atoms with van der Waals surface area (Å²) in [6.45, 7) is 3.51. The number of hydrazine groups is 1. The monoisotopic (exact) mass is 113 g/mol. The van der Waals surface area contributed by atoms with Crippen molar-refractivity contribution in [2.45, 2.75) is 6.42 Å². The molecule has 0 saturated heterocycles. The summed E-state index contributed by atoms with van der Waals surface area (Å²) in [7, 11) is 1.67. The Balaban J connectivity index is 3.19. The van der Waals surface area contributed by atoms with Crippen LogP contribution in [0.4, 0.5) is 0 Å². The number of hydrogen-bond donors (Lipinski definition) is 1. The van der Waals surface area contributed by atoms with E-state index in [-0.39, 0.29) is 0 Å². The molecule has 0 atom stereocenters. The van der Waals surface area contributed by atoms with Crippen molar-refractivity contribution in [3.63, 3.8) is 0 Å². The Morgan fingerprint density at radius 1 is 1.88 bits per heavy atom. The zero-order valence-electron chi connectivity index (χ0n) is 5.04. The third-order valence-corrected chi connectivity index (χ3v) is 0.536. The molecule has 0 aromatic heterocycles. The molecule has 0 saturated carbocycles. The van der Waals surface area contributed by atoms with Crippen LogP contribution in [0.1, 0.15) is 6.42 Å². The van der Waals surface area contributed by atoms with Gasteiger partial charge in [0.05, 0.1) is 0 Å². The van der Waals surface area contributed by atoms with E-state index in [4.69, 9.17) is 5.84 Å². The first-order valence-corrected chi connectivity index (χ1v) is 2.39. The van der Waals surface area contributed by atoms with E-state index in [2.05, 4.69) is 11.7 Å². The number of nitrogens with two attached hydrogens (primary N) is 1. The molecule has 0 aromatic rings. The highest BCUT2D eigenvalue weighted by molar-refractivity contribution is 5.58. The molecular weight excluding hydrogens is 102 g/mol. The summed E-state index contributed by atoms with van der Waals surface area (Å²) in [5.41, 5.74) is 0. The van der Waals surface area contributed by atoms with Crippen molar-refractivity contribution >= 4 is 6.21 Å². The van der Waals surface area contributed by atoms with Crippen LogP contribution in [0.2, 0.25) is 0 Å². The third-order valence-electron chi connectivity index (χ3n) is 0.536. The molecule has 0 amide bonds. The van der Waals surface area contributed by atoms with Crippen LogP contribution in [0, 0.1) is 0 Å². The quantitative estimate of drug-likeness (QED) is 0.248. The second kappa shape index (κ2) is 4.33. The van der Waals surface area contributed by atoms with Crippen molar-refractivity contribution in [2.24, 2.45) is 10.9 Å². The van der Waals surface area contributed by atoms with Crippen LogP contribution in [-0.2, 0) is 0 Å². The number of rotatable bonds is 3. The van der Waals surface area contributed by atoms with Crippen LogP contribution in [0.25, 0.3) is 0 Å². The van der Waals surface area contributed by atoms with Crippen molar-refractivity contribution in [3.05, 3.63) is 12.7 Å². The second-order valence-electron chi connectivity index (χ2n) is 1.40. The van der Waals surface area contributed by atoms with Crippen LogP contribution in [0.5, 0.6) is 0 Å². The van der Waals surface area contributed by atoms with E-state index in [1.165, 1.54) is 5.12 Å². The van der Waals surface area contributed by atoms with Crippen LogP contribution in [0.3, 0.4) is 0 Å². The van der Waals surface area contributed by atoms with E-state index in [9.17, 15) is 0 Å². The molecule has 0 aliphatic carbocycles. The zero-order valence-corrected chi connectivity index (χ0v) is 5.04. The first-order valence-electron chi connectivity index (χ1n) is 2.39. The predicted octanol–water partition coefficient (Wildman–Crippen LogP) is 0.354. The Kier molecular flexibility index (Phi) is 3.88. The maximum atomic E-state index is 5.13. The van der Waals surface area contributed by atoms with Crippen molar-refractivity contribution < 1.29 is 0 Å². The summed E-state index contributed by atoms with van der Waals surface area (Å²) in [5, 5.41) is 4.98. The van der Waals surface area contributed by atoms with E-state index >= 15 is 0 Å². The Labute approximate surface area is 49.4 Å². The molecule has 0 heterocycles. The van der Waals surface area contributed by atoms with E-state index in [1.807, 2.05) is 0 Å². The van der Waals surface area contributed by atoms with Gasteiger partial charge >= 0.3 is 0 Å². The minimum Gasteiger partial charge on any atom is -0.236 e. The van der Waals surface area contributed by atoms with Gasteiger partial charge in [-0.05, 0) is 0 Å². The Morgan fingerprint density at radius 3 is 2.88 bits per heavy atom. The van der Waals surface area contributed by atoms with E-state index in [0.29, 0.717) is 0 Å². The van der Waals surface area contributed by atoms with E-state index < -0.39 is 0 Å². The van der Waals surface area contributed by atoms with Gasteiger partial charge in [0.1, 0.15) is 0 Å². The average molecular weight is 113 g/mol. The Morgan fingerprint density at radius 2 is 2.50 bits per heavy atom. The SMILES string of the molecule is C=CC/C=N/N(C)N. The smallest absolute Gasteiger partial charge is 0.0419 e. The molecule has 3 heteroatoms. The molecule has 8 heavy (non-hydrogen) atoms. The molecule has 0 rings (SSSR count). The molecule has 0 spiro atoms. The van der Waals surface area contributed by atoms with Crippen LogP contribution in [0.15, 0.2) is 17.8 Å². The van der Waals surface area contributed by atoms with Gasteiger partial charge in [-0.15, -0.1) is 6.58 Å². The molecule has 0 aromatic carbocycles. The summed E-state index contributed by atoms with van der Waals surface area (Å²) in [6, 6.07) is 0. The molecule has 0 fully saturated rings. The van der Waals surface area contributed by atoms with Gasteiger partial charge < -0.3 is 0 Å². The summed E-state index contributed by atoms with van der Waals surface area (Å²) in [4.78, 5) is 0. The molecule has 0 radical (unpaired) electrons. The zero-order chi connectivity index (χ0) is 6.41. The predicted molar refractivity (Wildman–Crippen MR) is 35.3 cm³/mol. The third kappa shape index (κ3) is 5.17. The van der Waals surface area contributed by atoms with E-state index in [1.54, 1.807) is 19.3 Å². The van der Waals surface area contributed by atoms with Crippen LogP contribution in [-0.4, -0.2) is 18.4 Å². The normalized spacial score (nSPS) is 9.75. The Hall–Kier alpha value is -0.830. The van der Waals surface area contributed by atoms with Crippen molar-refractivity contribution in [1.29, 1.82) is 0 Å². The fourth-order valence-electron chi connectivity index (χ4n) is 0.250. The van der Waals surface area contributed by atoms with Crippen molar-refractivity contribution in [3.8, 4) is 0 Å². The molecule has 0 aliphatic rings. The van der Waals surface area contributed by atoms with Crippen molar-refractivity contribution in [2.75, 3.05) is 7.05 Å². The first kappa shape index (κ1) is 7.17. The lowest BCUT2D eigenvalue weighted by Crippen LogP contribution is -2.18. The fourth-order valence-corrected chi connectivity index (χ4v) is 0.250. The minimum atomic E-state index is 0.765. The fraction of sp³-hybridized carbons (Fsp3) is 0.400. The Bertz CT molecular complexity index is 85.7. The largest absolute Gasteiger partial charge is 0.236 e. The van der Waals surface area contributed by atoms with Gasteiger partial charge in [0, 0.05) is 19.7 Å². The molecule has 2 N–H and O–H groups in total. The van der Waals surface area contributed by atoms with Crippen LogP contribution < -0.4 is 5.84 Å². The number of allylic oxidation sites excluding steroid dienone is 1. The lowest BCUT2D eigenvalue weighted by atomic mass is 10.5. The van der Waals surface area contributed by atoms with Crippen LogP contribution >= 0.6 is 0 Å².